The second-order valence-electron chi connectivity index (χ2n) is 6.68. The van der Waals surface area contributed by atoms with E-state index < -0.39 is 5.03 Å². The Morgan fingerprint density at radius 1 is 1.39 bits per heavy atom. The third kappa shape index (κ3) is 8.78. The molecule has 0 aliphatic carbocycles. The van der Waals surface area contributed by atoms with Gasteiger partial charge in [-0.05, 0) is 18.6 Å². The minimum Gasteiger partial charge on any atom is -0.358 e. The summed E-state index contributed by atoms with van der Waals surface area (Å²) in [5, 5.41) is 22.0. The van der Waals surface area contributed by atoms with Crippen LogP contribution < -0.4 is 0 Å². The SMILES string of the molecule is C/C(=N\C#N)N(C)Cc1ccc(Cl)nc1.CN1COCN(Cc2cnc(Cl)s2)/C1=N/[N+](=O)[O-]. The maximum Gasteiger partial charge on any atom is 0.277 e. The van der Waals surface area contributed by atoms with Crippen molar-refractivity contribution in [1.82, 2.24) is 24.7 Å². The third-order valence-electron chi connectivity index (χ3n) is 4.17. The number of hydrazone groups is 1. The fraction of sp³-hybridized carbons (Fsp3) is 0.389. The number of aromatic nitrogens is 2. The second-order valence-corrected chi connectivity index (χ2v) is 8.76. The number of pyridine rings is 1. The minimum atomic E-state index is -0.718. The molecule has 1 fully saturated rings. The Kier molecular flexibility index (Phi) is 10.2. The Morgan fingerprint density at radius 3 is 2.73 bits per heavy atom. The number of hydrogen-bond acceptors (Lipinski definition) is 8. The lowest BCUT2D eigenvalue weighted by molar-refractivity contribution is -0.486. The summed E-state index contributed by atoms with van der Waals surface area (Å²) < 4.78 is 5.72. The number of amidine groups is 1. The summed E-state index contributed by atoms with van der Waals surface area (Å²) in [6, 6.07) is 3.63. The molecule has 1 aliphatic heterocycles. The van der Waals surface area contributed by atoms with Gasteiger partial charge in [-0.1, -0.05) is 29.3 Å². The molecule has 3 heterocycles. The summed E-state index contributed by atoms with van der Waals surface area (Å²) in [5.74, 6) is 0.934. The van der Waals surface area contributed by atoms with Crippen molar-refractivity contribution in [3.63, 3.8) is 0 Å². The lowest BCUT2D eigenvalue weighted by Gasteiger charge is -2.34. The molecule has 0 spiro atoms. The van der Waals surface area contributed by atoms with E-state index in [1.54, 1.807) is 48.4 Å². The number of nitriles is 1. The van der Waals surface area contributed by atoms with E-state index in [0.29, 0.717) is 28.5 Å². The molecule has 176 valence electrons. The molecule has 3 rings (SSSR count). The summed E-state index contributed by atoms with van der Waals surface area (Å²) in [4.78, 5) is 28.0. The zero-order chi connectivity index (χ0) is 24.4. The Morgan fingerprint density at radius 2 is 2.15 bits per heavy atom. The van der Waals surface area contributed by atoms with Crippen LogP contribution in [0.4, 0.5) is 0 Å². The van der Waals surface area contributed by atoms with Crippen LogP contribution in [-0.4, -0.2) is 69.1 Å². The number of nitrogens with zero attached hydrogens (tertiary/aromatic N) is 9. The summed E-state index contributed by atoms with van der Waals surface area (Å²) >= 11 is 12.7. The van der Waals surface area contributed by atoms with Crippen molar-refractivity contribution >= 4 is 46.3 Å². The Balaban J connectivity index is 0.000000238. The lowest BCUT2D eigenvalue weighted by Crippen LogP contribution is -2.49. The van der Waals surface area contributed by atoms with Gasteiger partial charge in [-0.25, -0.2) is 20.1 Å². The normalized spacial score (nSPS) is 15.0. The average molecular weight is 514 g/mol. The van der Waals surface area contributed by atoms with Gasteiger partial charge in [0.05, 0.1) is 6.54 Å². The van der Waals surface area contributed by atoms with E-state index in [2.05, 4.69) is 20.1 Å². The zero-order valence-electron chi connectivity index (χ0n) is 18.1. The molecule has 15 heteroatoms. The maximum absolute atomic E-state index is 10.5. The molecule has 12 nitrogen and oxygen atoms in total. The van der Waals surface area contributed by atoms with Crippen LogP contribution in [0.1, 0.15) is 17.4 Å². The van der Waals surface area contributed by atoms with Crippen LogP contribution in [0.15, 0.2) is 34.6 Å². The zero-order valence-corrected chi connectivity index (χ0v) is 20.4. The van der Waals surface area contributed by atoms with Gasteiger partial charge in [0.15, 0.2) is 9.50 Å². The van der Waals surface area contributed by atoms with Gasteiger partial charge in [0.25, 0.3) is 5.96 Å². The van der Waals surface area contributed by atoms with E-state index in [1.807, 2.05) is 18.0 Å². The van der Waals surface area contributed by atoms with Crippen molar-refractivity contribution in [2.45, 2.75) is 20.0 Å². The minimum absolute atomic E-state index is 0.243. The molecule has 0 amide bonds. The van der Waals surface area contributed by atoms with Crippen LogP contribution in [0.3, 0.4) is 0 Å². The number of ether oxygens (including phenoxy) is 1. The first-order chi connectivity index (χ1) is 15.7. The molecule has 0 saturated carbocycles. The highest BCUT2D eigenvalue weighted by atomic mass is 35.5. The molecule has 1 saturated heterocycles. The Hall–Kier alpha value is -3.05. The van der Waals surface area contributed by atoms with Crippen LogP contribution in [0.2, 0.25) is 9.62 Å². The fourth-order valence-electron chi connectivity index (χ4n) is 2.56. The van der Waals surface area contributed by atoms with Crippen molar-refractivity contribution < 1.29 is 9.77 Å². The number of hydrogen-bond donors (Lipinski definition) is 0. The summed E-state index contributed by atoms with van der Waals surface area (Å²) in [6.45, 7) is 3.37. The van der Waals surface area contributed by atoms with Crippen molar-refractivity contribution in [2.75, 3.05) is 27.6 Å². The number of halogens is 2. The highest BCUT2D eigenvalue weighted by Gasteiger charge is 2.25. The van der Waals surface area contributed by atoms with E-state index >= 15 is 0 Å². The van der Waals surface area contributed by atoms with Gasteiger partial charge in [0.1, 0.15) is 29.6 Å². The van der Waals surface area contributed by atoms with Crippen LogP contribution >= 0.6 is 34.5 Å². The molecule has 2 aromatic heterocycles. The highest BCUT2D eigenvalue weighted by Crippen LogP contribution is 2.20. The average Bonchev–Trinajstić information content (AvgIpc) is 3.17. The molecular weight excluding hydrogens is 493 g/mol. The Labute approximate surface area is 204 Å². The van der Waals surface area contributed by atoms with Gasteiger partial charge in [-0.3, -0.25) is 0 Å². The second kappa shape index (κ2) is 12.9. The van der Waals surface area contributed by atoms with Gasteiger partial charge < -0.3 is 19.4 Å². The quantitative estimate of drug-likeness (QED) is 0.147. The molecule has 33 heavy (non-hydrogen) atoms. The van der Waals surface area contributed by atoms with Crippen molar-refractivity contribution in [2.24, 2.45) is 10.1 Å². The van der Waals surface area contributed by atoms with E-state index in [1.165, 1.54) is 11.3 Å². The van der Waals surface area contributed by atoms with Gasteiger partial charge in [-0.15, -0.1) is 11.3 Å². The lowest BCUT2D eigenvalue weighted by atomic mass is 10.3. The first kappa shape index (κ1) is 26.2. The molecular formula is C18H21Cl2N9O3S. The maximum atomic E-state index is 10.5. The largest absolute Gasteiger partial charge is 0.358 e. The molecule has 1 aliphatic rings. The van der Waals surface area contributed by atoms with E-state index in [0.717, 1.165) is 10.4 Å². The van der Waals surface area contributed by atoms with E-state index in [-0.39, 0.29) is 19.4 Å². The molecule has 2 aromatic rings. The topological polar surface area (TPSA) is 136 Å². The molecule has 0 atom stereocenters. The number of rotatable bonds is 5. The van der Waals surface area contributed by atoms with Gasteiger partial charge in [0.2, 0.25) is 6.19 Å². The molecule has 0 N–H and O–H groups in total. The van der Waals surface area contributed by atoms with Crippen LogP contribution in [0.25, 0.3) is 0 Å². The molecule has 0 bridgehead atoms. The fourth-order valence-corrected chi connectivity index (χ4v) is 3.67. The highest BCUT2D eigenvalue weighted by molar-refractivity contribution is 7.15. The standard InChI is InChI=1S/C10H11ClN4.C8H10ClN5O3S/c1-8(14-7-12)15(2)6-9-3-4-10(11)13-5-9;1-12-4-17-5-13(8(12)11-14(15)16)3-6-2-10-7(9)18-6/h3-5H,6H2,1-2H3;2H,3-5H2,1H3/b14-8+;11-8+. The summed E-state index contributed by atoms with van der Waals surface area (Å²) in [6.07, 6.45) is 5.09. The number of thiazole rings is 1. The van der Waals surface area contributed by atoms with Gasteiger partial charge in [0, 0.05) is 37.9 Å². The predicted molar refractivity (Wildman–Crippen MR) is 125 cm³/mol. The van der Waals surface area contributed by atoms with Crippen molar-refractivity contribution in [3.05, 3.63) is 54.7 Å². The smallest absolute Gasteiger partial charge is 0.277 e. The summed E-state index contributed by atoms with van der Waals surface area (Å²) in [7, 11) is 3.54. The van der Waals surface area contributed by atoms with Crippen molar-refractivity contribution in [3.8, 4) is 6.19 Å². The summed E-state index contributed by atoms with van der Waals surface area (Å²) in [5.41, 5.74) is 1.02. The monoisotopic (exact) mass is 513 g/mol. The van der Waals surface area contributed by atoms with Gasteiger partial charge in [-0.2, -0.15) is 10.3 Å². The first-order valence-electron chi connectivity index (χ1n) is 9.31. The molecule has 0 aromatic carbocycles. The predicted octanol–water partition coefficient (Wildman–Crippen LogP) is 3.09. The number of guanidine groups is 1. The first-order valence-corrected chi connectivity index (χ1v) is 10.9. The van der Waals surface area contributed by atoms with Crippen LogP contribution in [0, 0.1) is 21.6 Å². The molecule has 0 unspecified atom stereocenters. The number of aliphatic imine (C=N–C) groups is 1. The van der Waals surface area contributed by atoms with Crippen LogP contribution in [-0.2, 0) is 17.8 Å². The van der Waals surface area contributed by atoms with E-state index in [9.17, 15) is 10.1 Å². The third-order valence-corrected chi connectivity index (χ3v) is 5.50. The van der Waals surface area contributed by atoms with Crippen molar-refractivity contribution in [1.29, 1.82) is 5.26 Å². The number of nitro groups is 1. The Bertz CT molecular complexity index is 1040. The van der Waals surface area contributed by atoms with Crippen LogP contribution in [0.5, 0.6) is 0 Å². The van der Waals surface area contributed by atoms with Gasteiger partial charge >= 0.3 is 0 Å². The molecule has 0 radical (unpaired) electrons. The van der Waals surface area contributed by atoms with E-state index in [4.69, 9.17) is 33.2 Å².